The molecule has 3 heteroatoms. The maximum Gasteiger partial charge on any atom is 0.137 e. The van der Waals surface area contributed by atoms with Crippen molar-refractivity contribution < 1.29 is 4.39 Å². The molecule has 1 nitrogen and oxygen atoms in total. The lowest BCUT2D eigenvalue weighted by molar-refractivity contribution is 0.602. The minimum Gasteiger partial charge on any atom is -0.326 e. The van der Waals surface area contributed by atoms with Crippen molar-refractivity contribution >= 4 is 11.8 Å². The van der Waals surface area contributed by atoms with Crippen LogP contribution in [-0.2, 0) is 6.54 Å². The zero-order valence-corrected chi connectivity index (χ0v) is 9.51. The van der Waals surface area contributed by atoms with Crippen molar-refractivity contribution in [2.45, 2.75) is 16.3 Å². The standard InChI is InChI=1S/C13H12FNS/c14-12-3-1-2-4-13(12)16-11-7-5-10(9-15)6-8-11/h1-8H,9,15H2. The van der Waals surface area contributed by atoms with Crippen molar-refractivity contribution in [3.8, 4) is 0 Å². The summed E-state index contributed by atoms with van der Waals surface area (Å²) in [5.74, 6) is -0.185. The van der Waals surface area contributed by atoms with Gasteiger partial charge in [0.05, 0.1) is 0 Å². The molecule has 2 aromatic rings. The maximum absolute atomic E-state index is 13.4. The smallest absolute Gasteiger partial charge is 0.137 e. The quantitative estimate of drug-likeness (QED) is 0.878. The van der Waals surface area contributed by atoms with Crippen LogP contribution in [-0.4, -0.2) is 0 Å². The number of rotatable bonds is 3. The van der Waals surface area contributed by atoms with E-state index in [4.69, 9.17) is 5.73 Å². The van der Waals surface area contributed by atoms with Gasteiger partial charge in [-0.05, 0) is 29.8 Å². The Morgan fingerprint density at radius 1 is 1.00 bits per heavy atom. The summed E-state index contributed by atoms with van der Waals surface area (Å²) in [4.78, 5) is 1.66. The molecule has 0 unspecified atom stereocenters. The van der Waals surface area contributed by atoms with Crippen molar-refractivity contribution in [3.63, 3.8) is 0 Å². The van der Waals surface area contributed by atoms with Crippen molar-refractivity contribution in [2.75, 3.05) is 0 Å². The second-order valence-corrected chi connectivity index (χ2v) is 4.50. The fourth-order valence-electron chi connectivity index (χ4n) is 1.35. The van der Waals surface area contributed by atoms with Gasteiger partial charge in [-0.15, -0.1) is 0 Å². The largest absolute Gasteiger partial charge is 0.326 e. The van der Waals surface area contributed by atoms with E-state index in [1.165, 1.54) is 17.8 Å². The predicted molar refractivity (Wildman–Crippen MR) is 64.9 cm³/mol. The van der Waals surface area contributed by atoms with Crippen LogP contribution in [0.1, 0.15) is 5.56 Å². The van der Waals surface area contributed by atoms with E-state index >= 15 is 0 Å². The van der Waals surface area contributed by atoms with Crippen molar-refractivity contribution in [1.82, 2.24) is 0 Å². The van der Waals surface area contributed by atoms with Crippen LogP contribution in [0.4, 0.5) is 4.39 Å². The van der Waals surface area contributed by atoms with E-state index in [0.717, 1.165) is 10.5 Å². The van der Waals surface area contributed by atoms with Gasteiger partial charge in [0.15, 0.2) is 0 Å². The maximum atomic E-state index is 13.4. The Labute approximate surface area is 98.5 Å². The summed E-state index contributed by atoms with van der Waals surface area (Å²) in [5, 5.41) is 0. The summed E-state index contributed by atoms with van der Waals surface area (Å²) in [6.45, 7) is 0.532. The van der Waals surface area contributed by atoms with E-state index in [9.17, 15) is 4.39 Å². The van der Waals surface area contributed by atoms with Crippen LogP contribution in [0.2, 0.25) is 0 Å². The highest BCUT2D eigenvalue weighted by molar-refractivity contribution is 7.99. The first-order valence-corrected chi connectivity index (χ1v) is 5.82. The zero-order valence-electron chi connectivity index (χ0n) is 8.69. The Kier molecular flexibility index (Phi) is 3.59. The second kappa shape index (κ2) is 5.14. The fraction of sp³-hybridized carbons (Fsp3) is 0.0769. The zero-order chi connectivity index (χ0) is 11.4. The Bertz CT molecular complexity index is 468. The molecule has 2 N–H and O–H groups in total. The number of hydrogen-bond acceptors (Lipinski definition) is 2. The van der Waals surface area contributed by atoms with Crippen LogP contribution in [0.25, 0.3) is 0 Å². The molecule has 0 fully saturated rings. The number of nitrogens with two attached hydrogens (primary N) is 1. The Morgan fingerprint density at radius 3 is 2.31 bits per heavy atom. The molecule has 82 valence electrons. The summed E-state index contributed by atoms with van der Waals surface area (Å²) < 4.78 is 13.4. The lowest BCUT2D eigenvalue weighted by Crippen LogP contribution is -1.94. The van der Waals surface area contributed by atoms with Crippen molar-refractivity contribution in [1.29, 1.82) is 0 Å². The van der Waals surface area contributed by atoms with E-state index in [-0.39, 0.29) is 5.82 Å². The molecule has 2 rings (SSSR count). The average molecular weight is 233 g/mol. The minimum atomic E-state index is -0.185. The normalized spacial score (nSPS) is 10.4. The Hall–Kier alpha value is -1.32. The molecule has 0 bridgehead atoms. The van der Waals surface area contributed by atoms with Gasteiger partial charge in [0.1, 0.15) is 5.82 Å². The molecular formula is C13H12FNS. The van der Waals surface area contributed by atoms with E-state index in [2.05, 4.69) is 0 Å². The minimum absolute atomic E-state index is 0.185. The first kappa shape index (κ1) is 11.2. The second-order valence-electron chi connectivity index (χ2n) is 3.38. The van der Waals surface area contributed by atoms with E-state index in [1.54, 1.807) is 12.1 Å². The SMILES string of the molecule is NCc1ccc(Sc2ccccc2F)cc1. The monoisotopic (exact) mass is 233 g/mol. The summed E-state index contributed by atoms with van der Waals surface area (Å²) in [5.41, 5.74) is 6.59. The fourth-order valence-corrected chi connectivity index (χ4v) is 2.19. The molecule has 16 heavy (non-hydrogen) atoms. The molecule has 0 aliphatic rings. The number of hydrogen-bond donors (Lipinski definition) is 1. The highest BCUT2D eigenvalue weighted by Crippen LogP contribution is 2.29. The first-order valence-electron chi connectivity index (χ1n) is 5.01. The molecule has 0 spiro atoms. The van der Waals surface area contributed by atoms with Crippen LogP contribution in [0.3, 0.4) is 0 Å². The molecule has 0 saturated heterocycles. The first-order chi connectivity index (χ1) is 7.79. The van der Waals surface area contributed by atoms with Gasteiger partial charge < -0.3 is 5.73 Å². The summed E-state index contributed by atoms with van der Waals surface area (Å²) in [6, 6.07) is 14.6. The van der Waals surface area contributed by atoms with Gasteiger partial charge in [-0.3, -0.25) is 0 Å². The molecule has 0 aromatic heterocycles. The van der Waals surface area contributed by atoms with Crippen LogP contribution >= 0.6 is 11.8 Å². The average Bonchev–Trinajstić information content (AvgIpc) is 2.33. The lowest BCUT2D eigenvalue weighted by atomic mass is 10.2. The van der Waals surface area contributed by atoms with Gasteiger partial charge in [-0.25, -0.2) is 4.39 Å². The highest BCUT2D eigenvalue weighted by Gasteiger charge is 2.02. The number of benzene rings is 2. The molecule has 0 atom stereocenters. The third-order valence-electron chi connectivity index (χ3n) is 2.22. The van der Waals surface area contributed by atoms with Crippen LogP contribution < -0.4 is 5.73 Å². The van der Waals surface area contributed by atoms with E-state index in [0.29, 0.717) is 11.4 Å². The molecule has 0 aliphatic heterocycles. The van der Waals surface area contributed by atoms with Gasteiger partial charge >= 0.3 is 0 Å². The van der Waals surface area contributed by atoms with E-state index in [1.807, 2.05) is 30.3 Å². The predicted octanol–water partition coefficient (Wildman–Crippen LogP) is 3.44. The number of halogens is 1. The third-order valence-corrected chi connectivity index (χ3v) is 3.28. The summed E-state index contributed by atoms with van der Waals surface area (Å²) in [6.07, 6.45) is 0. The van der Waals surface area contributed by atoms with Crippen molar-refractivity contribution in [3.05, 3.63) is 59.9 Å². The topological polar surface area (TPSA) is 26.0 Å². The lowest BCUT2D eigenvalue weighted by Gasteiger charge is -2.03. The Morgan fingerprint density at radius 2 is 1.69 bits per heavy atom. The molecule has 0 heterocycles. The molecule has 0 radical (unpaired) electrons. The van der Waals surface area contributed by atoms with Gasteiger partial charge in [0.25, 0.3) is 0 Å². The third kappa shape index (κ3) is 2.62. The molecule has 2 aromatic carbocycles. The molecule has 0 aliphatic carbocycles. The molecular weight excluding hydrogens is 221 g/mol. The Balaban J connectivity index is 2.18. The summed E-state index contributed by atoms with van der Waals surface area (Å²) >= 11 is 1.42. The van der Waals surface area contributed by atoms with Gasteiger partial charge in [0.2, 0.25) is 0 Å². The van der Waals surface area contributed by atoms with Crippen molar-refractivity contribution in [2.24, 2.45) is 5.73 Å². The molecule has 0 saturated carbocycles. The van der Waals surface area contributed by atoms with Gasteiger partial charge in [-0.1, -0.05) is 36.0 Å². The summed E-state index contributed by atoms with van der Waals surface area (Å²) in [7, 11) is 0. The van der Waals surface area contributed by atoms with Crippen LogP contribution in [0, 0.1) is 5.82 Å². The van der Waals surface area contributed by atoms with E-state index < -0.39 is 0 Å². The van der Waals surface area contributed by atoms with Crippen LogP contribution in [0.15, 0.2) is 58.3 Å². The van der Waals surface area contributed by atoms with Gasteiger partial charge in [-0.2, -0.15) is 0 Å². The van der Waals surface area contributed by atoms with Crippen LogP contribution in [0.5, 0.6) is 0 Å². The highest BCUT2D eigenvalue weighted by atomic mass is 32.2. The van der Waals surface area contributed by atoms with Gasteiger partial charge in [0, 0.05) is 16.3 Å². The molecule has 0 amide bonds.